The van der Waals surface area contributed by atoms with Gasteiger partial charge in [0.2, 0.25) is 10.0 Å². The molecule has 0 atom stereocenters. The molecule has 26 heavy (non-hydrogen) atoms. The molecule has 0 unspecified atom stereocenters. The average Bonchev–Trinajstić information content (AvgIpc) is 2.91. The minimum atomic E-state index is -3.60. The van der Waals surface area contributed by atoms with Crippen molar-refractivity contribution in [1.82, 2.24) is 10.0 Å². The molecule has 0 aromatic heterocycles. The summed E-state index contributed by atoms with van der Waals surface area (Å²) in [4.78, 5) is 12.7. The highest BCUT2D eigenvalue weighted by Crippen LogP contribution is 2.21. The van der Waals surface area contributed by atoms with E-state index in [2.05, 4.69) is 10.0 Å². The number of rotatable bonds is 5. The third-order valence-corrected chi connectivity index (χ3v) is 7.04. The lowest BCUT2D eigenvalue weighted by atomic mass is 9.95. The Morgan fingerprint density at radius 3 is 2.08 bits per heavy atom. The first-order valence-corrected chi connectivity index (χ1v) is 11.5. The second-order valence-corrected chi connectivity index (χ2v) is 9.36. The average molecular weight is 379 g/mol. The van der Waals surface area contributed by atoms with Crippen molar-refractivity contribution >= 4 is 15.9 Å². The Labute approximate surface area is 157 Å². The Morgan fingerprint density at radius 2 is 1.42 bits per heavy atom. The van der Waals surface area contributed by atoms with Crippen molar-refractivity contribution in [2.45, 2.75) is 87.6 Å². The number of carbonyl (C=O) groups excluding carboxylic acids is 1. The van der Waals surface area contributed by atoms with E-state index in [4.69, 9.17) is 0 Å². The Bertz CT molecular complexity index is 704. The summed E-state index contributed by atoms with van der Waals surface area (Å²) in [5.74, 6) is -0.177. The summed E-state index contributed by atoms with van der Waals surface area (Å²) >= 11 is 0. The van der Waals surface area contributed by atoms with Crippen molar-refractivity contribution in [3.63, 3.8) is 0 Å². The summed E-state index contributed by atoms with van der Waals surface area (Å²) in [6, 6.07) is 6.61. The fourth-order valence-corrected chi connectivity index (χ4v) is 5.36. The fourth-order valence-electron chi connectivity index (χ4n) is 4.00. The SMILES string of the molecule is O=C(NC1CCCCC1)c1cccc(S(=O)(=O)NC2CCCCCC2)c1. The monoisotopic (exact) mass is 378 g/mol. The standard InChI is InChI=1S/C20H30N2O3S/c23-20(21-17-10-6-3-7-11-17)16-9-8-14-19(15-16)26(24,25)22-18-12-4-1-2-5-13-18/h8-9,14-15,17-18,22H,1-7,10-13H2,(H,21,23). The van der Waals surface area contributed by atoms with Crippen LogP contribution < -0.4 is 10.0 Å². The molecule has 1 aromatic carbocycles. The zero-order valence-electron chi connectivity index (χ0n) is 15.4. The molecule has 0 aliphatic heterocycles. The molecule has 1 amide bonds. The van der Waals surface area contributed by atoms with Gasteiger partial charge in [0.25, 0.3) is 5.91 Å². The summed E-state index contributed by atoms with van der Waals surface area (Å²) in [6.45, 7) is 0. The van der Waals surface area contributed by atoms with E-state index in [0.29, 0.717) is 5.56 Å². The van der Waals surface area contributed by atoms with Gasteiger partial charge in [0.05, 0.1) is 4.90 Å². The van der Waals surface area contributed by atoms with Gasteiger partial charge in [-0.2, -0.15) is 0 Å². The van der Waals surface area contributed by atoms with Crippen molar-refractivity contribution in [2.24, 2.45) is 0 Å². The zero-order chi connectivity index (χ0) is 18.4. The van der Waals surface area contributed by atoms with Crippen LogP contribution >= 0.6 is 0 Å². The molecule has 1 aromatic rings. The number of amides is 1. The minimum Gasteiger partial charge on any atom is -0.349 e. The Morgan fingerprint density at radius 1 is 0.846 bits per heavy atom. The molecule has 0 saturated heterocycles. The lowest BCUT2D eigenvalue weighted by Crippen LogP contribution is -2.36. The molecule has 2 N–H and O–H groups in total. The molecule has 0 radical (unpaired) electrons. The maximum Gasteiger partial charge on any atom is 0.251 e. The van der Waals surface area contributed by atoms with Crippen LogP contribution in [0.1, 0.15) is 81.0 Å². The molecule has 2 fully saturated rings. The summed E-state index contributed by atoms with van der Waals surface area (Å²) in [5, 5.41) is 3.05. The quantitative estimate of drug-likeness (QED) is 0.766. The Hall–Kier alpha value is -1.40. The second-order valence-electron chi connectivity index (χ2n) is 7.65. The smallest absolute Gasteiger partial charge is 0.251 e. The summed E-state index contributed by atoms with van der Waals surface area (Å²) in [6.07, 6.45) is 11.8. The van der Waals surface area contributed by atoms with E-state index in [0.717, 1.165) is 51.4 Å². The molecule has 3 rings (SSSR count). The highest BCUT2D eigenvalue weighted by molar-refractivity contribution is 7.89. The van der Waals surface area contributed by atoms with Crippen LogP contribution in [-0.4, -0.2) is 26.4 Å². The Kier molecular flexibility index (Phi) is 6.70. The first kappa shape index (κ1) is 19.4. The molecule has 2 aliphatic rings. The lowest BCUT2D eigenvalue weighted by Gasteiger charge is -2.23. The molecule has 0 spiro atoms. The van der Waals surface area contributed by atoms with E-state index in [9.17, 15) is 13.2 Å². The van der Waals surface area contributed by atoms with Crippen LogP contribution in [0.25, 0.3) is 0 Å². The topological polar surface area (TPSA) is 75.3 Å². The molecule has 6 heteroatoms. The fraction of sp³-hybridized carbons (Fsp3) is 0.650. The first-order valence-electron chi connectivity index (χ1n) is 9.98. The van der Waals surface area contributed by atoms with E-state index in [1.54, 1.807) is 18.2 Å². The Balaban J connectivity index is 1.67. The molecular formula is C20H30N2O3S. The summed E-state index contributed by atoms with van der Waals surface area (Å²) in [5.41, 5.74) is 0.416. The van der Waals surface area contributed by atoms with Gasteiger partial charge in [-0.05, 0) is 43.9 Å². The van der Waals surface area contributed by atoms with Gasteiger partial charge in [-0.15, -0.1) is 0 Å². The van der Waals surface area contributed by atoms with E-state index in [1.165, 1.54) is 25.3 Å². The van der Waals surface area contributed by atoms with Crippen LogP contribution in [-0.2, 0) is 10.0 Å². The maximum absolute atomic E-state index is 12.7. The van der Waals surface area contributed by atoms with Gasteiger partial charge >= 0.3 is 0 Å². The van der Waals surface area contributed by atoms with Gasteiger partial charge in [0.15, 0.2) is 0 Å². The number of sulfonamides is 1. The highest BCUT2D eigenvalue weighted by Gasteiger charge is 2.23. The van der Waals surface area contributed by atoms with Gasteiger partial charge in [-0.25, -0.2) is 13.1 Å². The van der Waals surface area contributed by atoms with Crippen molar-refractivity contribution in [1.29, 1.82) is 0 Å². The maximum atomic E-state index is 12.7. The minimum absolute atomic E-state index is 0.00206. The third kappa shape index (κ3) is 5.30. The van der Waals surface area contributed by atoms with E-state index in [1.807, 2.05) is 0 Å². The third-order valence-electron chi connectivity index (χ3n) is 5.52. The van der Waals surface area contributed by atoms with Gasteiger partial charge in [-0.3, -0.25) is 4.79 Å². The molecule has 2 aliphatic carbocycles. The normalized spacial score (nSPS) is 20.5. The molecule has 5 nitrogen and oxygen atoms in total. The number of hydrogen-bond donors (Lipinski definition) is 2. The molecule has 0 bridgehead atoms. The van der Waals surface area contributed by atoms with Crippen LogP contribution in [0.5, 0.6) is 0 Å². The predicted molar refractivity (Wildman–Crippen MR) is 103 cm³/mol. The van der Waals surface area contributed by atoms with Crippen LogP contribution in [0, 0.1) is 0 Å². The molecule has 0 heterocycles. The zero-order valence-corrected chi connectivity index (χ0v) is 16.2. The van der Waals surface area contributed by atoms with Gasteiger partial charge in [0.1, 0.15) is 0 Å². The van der Waals surface area contributed by atoms with Gasteiger partial charge in [-0.1, -0.05) is 51.0 Å². The second kappa shape index (κ2) is 9.00. The first-order chi connectivity index (χ1) is 12.5. The van der Waals surface area contributed by atoms with E-state index in [-0.39, 0.29) is 22.9 Å². The summed E-state index contributed by atoms with van der Waals surface area (Å²) < 4.78 is 28.3. The number of hydrogen-bond acceptors (Lipinski definition) is 3. The largest absolute Gasteiger partial charge is 0.349 e. The van der Waals surface area contributed by atoms with E-state index >= 15 is 0 Å². The number of carbonyl (C=O) groups is 1. The van der Waals surface area contributed by atoms with Gasteiger partial charge in [0, 0.05) is 17.6 Å². The van der Waals surface area contributed by atoms with Crippen molar-refractivity contribution in [2.75, 3.05) is 0 Å². The highest BCUT2D eigenvalue weighted by atomic mass is 32.2. The van der Waals surface area contributed by atoms with Gasteiger partial charge < -0.3 is 5.32 Å². The van der Waals surface area contributed by atoms with Crippen molar-refractivity contribution in [3.05, 3.63) is 29.8 Å². The van der Waals surface area contributed by atoms with Crippen LogP contribution in [0.3, 0.4) is 0 Å². The number of benzene rings is 1. The summed E-state index contributed by atoms with van der Waals surface area (Å²) in [7, 11) is -3.60. The molecule has 144 valence electrons. The molecular weight excluding hydrogens is 348 g/mol. The number of nitrogens with one attached hydrogen (secondary N) is 2. The van der Waals surface area contributed by atoms with Crippen molar-refractivity contribution < 1.29 is 13.2 Å². The van der Waals surface area contributed by atoms with Crippen LogP contribution in [0.4, 0.5) is 0 Å². The van der Waals surface area contributed by atoms with Crippen LogP contribution in [0.15, 0.2) is 29.2 Å². The van der Waals surface area contributed by atoms with Crippen molar-refractivity contribution in [3.8, 4) is 0 Å². The van der Waals surface area contributed by atoms with E-state index < -0.39 is 10.0 Å². The predicted octanol–water partition coefficient (Wildman–Crippen LogP) is 3.75. The lowest BCUT2D eigenvalue weighted by molar-refractivity contribution is 0.0927. The molecule has 2 saturated carbocycles. The van der Waals surface area contributed by atoms with Crippen LogP contribution in [0.2, 0.25) is 0 Å².